The van der Waals surface area contributed by atoms with E-state index in [1.165, 1.54) is 59.0 Å². The fourth-order valence-electron chi connectivity index (χ4n) is 5.51. The van der Waals surface area contributed by atoms with Gasteiger partial charge in [-0.05, 0) is 48.0 Å². The van der Waals surface area contributed by atoms with Gasteiger partial charge in [-0.1, -0.05) is 6.07 Å². The first-order chi connectivity index (χ1) is 22.2. The summed E-state index contributed by atoms with van der Waals surface area (Å²) < 4.78 is 37.9. The Labute approximate surface area is 260 Å². The van der Waals surface area contributed by atoms with E-state index in [4.69, 9.17) is 32.5 Å². The van der Waals surface area contributed by atoms with Crippen LogP contribution in [0.3, 0.4) is 0 Å². The van der Waals surface area contributed by atoms with E-state index in [1.54, 1.807) is 30.3 Å². The third-order valence-corrected chi connectivity index (χ3v) is 7.69. The molecule has 12 nitrogen and oxygen atoms in total. The molecule has 6 rings (SSSR count). The van der Waals surface area contributed by atoms with Crippen molar-refractivity contribution in [3.05, 3.63) is 93.5 Å². The molecule has 0 fully saturated rings. The van der Waals surface area contributed by atoms with E-state index >= 15 is 0 Å². The Morgan fingerprint density at radius 1 is 0.826 bits per heavy atom. The number of carbonyl (C=O) groups is 3. The molecule has 1 N–H and O–H groups in total. The first-order valence-corrected chi connectivity index (χ1v) is 13.8. The Bertz CT molecular complexity index is 2070. The maximum atomic E-state index is 13.8. The molecule has 0 saturated carbocycles. The average molecular weight is 627 g/mol. The molecule has 0 amide bonds. The number of ether oxygens (including phenoxy) is 5. The van der Waals surface area contributed by atoms with E-state index in [-0.39, 0.29) is 45.6 Å². The molecule has 5 aromatic rings. The van der Waals surface area contributed by atoms with Crippen molar-refractivity contribution in [1.29, 1.82) is 0 Å². The molecule has 234 valence electrons. The number of phenols is 1. The van der Waals surface area contributed by atoms with Crippen LogP contribution in [0.5, 0.6) is 23.0 Å². The number of benzene rings is 3. The standard InChI is InChI=1S/C34H26O12/c1-40-25-6-5-16(12-26(25)41-2)21-15-44-32-29-20(13-28(36)46-27(29)14-22(35)30(32)31(21)37)24-8-7-23(45-24)17-9-18(33(38)42-3)11-19(10-17)34(39)43-4/h5-12,14-15,20,35H,13H2,1-4H3/t20-/m0/s1. The Balaban J connectivity index is 1.48. The van der Waals surface area contributed by atoms with Gasteiger partial charge in [0.15, 0.2) is 11.5 Å². The monoisotopic (exact) mass is 626 g/mol. The topological polar surface area (TPSA) is 161 Å². The van der Waals surface area contributed by atoms with Gasteiger partial charge in [0, 0.05) is 17.2 Å². The van der Waals surface area contributed by atoms with Crippen LogP contribution < -0.4 is 19.6 Å². The molecule has 3 aromatic carbocycles. The molecule has 0 aliphatic carbocycles. The van der Waals surface area contributed by atoms with Crippen molar-refractivity contribution in [3.8, 4) is 45.4 Å². The molecular formula is C34H26O12. The van der Waals surface area contributed by atoms with Crippen LogP contribution in [0.1, 0.15) is 44.4 Å². The van der Waals surface area contributed by atoms with Gasteiger partial charge < -0.3 is 37.6 Å². The average Bonchev–Trinajstić information content (AvgIpc) is 3.57. The summed E-state index contributed by atoms with van der Waals surface area (Å²) in [6.45, 7) is 0. The number of carbonyl (C=O) groups excluding carboxylic acids is 3. The minimum atomic E-state index is -0.785. The highest BCUT2D eigenvalue weighted by molar-refractivity contribution is 5.97. The Kier molecular flexibility index (Phi) is 7.70. The number of methoxy groups -OCH3 is 4. The van der Waals surface area contributed by atoms with Gasteiger partial charge in [0.2, 0.25) is 5.43 Å². The van der Waals surface area contributed by atoms with Crippen LogP contribution >= 0.6 is 0 Å². The van der Waals surface area contributed by atoms with Gasteiger partial charge in [0.1, 0.15) is 40.3 Å². The maximum absolute atomic E-state index is 13.8. The van der Waals surface area contributed by atoms with E-state index in [0.717, 1.165) is 0 Å². The second-order valence-corrected chi connectivity index (χ2v) is 10.3. The summed E-state index contributed by atoms with van der Waals surface area (Å²) in [6.07, 6.45) is 1.09. The number of rotatable bonds is 7. The predicted octanol–water partition coefficient (Wildman–Crippen LogP) is 5.46. The fourth-order valence-corrected chi connectivity index (χ4v) is 5.51. The van der Waals surface area contributed by atoms with E-state index in [0.29, 0.717) is 33.9 Å². The summed E-state index contributed by atoms with van der Waals surface area (Å²) in [7, 11) is 5.40. The van der Waals surface area contributed by atoms with Crippen molar-refractivity contribution < 1.29 is 52.0 Å². The van der Waals surface area contributed by atoms with E-state index in [2.05, 4.69) is 0 Å². The number of hydrogen-bond acceptors (Lipinski definition) is 12. The van der Waals surface area contributed by atoms with Crippen molar-refractivity contribution in [2.24, 2.45) is 0 Å². The van der Waals surface area contributed by atoms with Crippen LogP contribution in [-0.2, 0) is 14.3 Å². The first kappa shape index (κ1) is 30.0. The van der Waals surface area contributed by atoms with Gasteiger partial charge in [0.25, 0.3) is 0 Å². The Morgan fingerprint density at radius 2 is 1.52 bits per heavy atom. The molecule has 0 unspecified atom stereocenters. The molecule has 0 saturated heterocycles. The van der Waals surface area contributed by atoms with Gasteiger partial charge in [-0.15, -0.1) is 0 Å². The number of esters is 3. The lowest BCUT2D eigenvalue weighted by atomic mass is 9.88. The summed E-state index contributed by atoms with van der Waals surface area (Å²) in [5.74, 6) is -1.72. The highest BCUT2D eigenvalue weighted by atomic mass is 16.5. The first-order valence-electron chi connectivity index (χ1n) is 13.8. The smallest absolute Gasteiger partial charge is 0.337 e. The number of aromatic hydroxyl groups is 1. The molecule has 1 aliphatic rings. The van der Waals surface area contributed by atoms with Crippen LogP contribution in [-0.4, -0.2) is 51.5 Å². The van der Waals surface area contributed by atoms with Gasteiger partial charge in [0.05, 0.1) is 57.5 Å². The second kappa shape index (κ2) is 11.8. The molecule has 3 heterocycles. The van der Waals surface area contributed by atoms with Crippen molar-refractivity contribution in [3.63, 3.8) is 0 Å². The van der Waals surface area contributed by atoms with Crippen LogP contribution in [0.4, 0.5) is 0 Å². The van der Waals surface area contributed by atoms with E-state index < -0.39 is 35.0 Å². The van der Waals surface area contributed by atoms with E-state index in [9.17, 15) is 24.3 Å². The molecular weight excluding hydrogens is 600 g/mol. The molecule has 1 atom stereocenters. The predicted molar refractivity (Wildman–Crippen MR) is 162 cm³/mol. The molecule has 0 bridgehead atoms. The zero-order chi connectivity index (χ0) is 32.7. The molecule has 0 radical (unpaired) electrons. The third-order valence-electron chi connectivity index (χ3n) is 7.69. The molecule has 46 heavy (non-hydrogen) atoms. The Morgan fingerprint density at radius 3 is 2.17 bits per heavy atom. The quantitative estimate of drug-likeness (QED) is 0.180. The van der Waals surface area contributed by atoms with Gasteiger partial charge in [-0.25, -0.2) is 9.59 Å². The fraction of sp³-hybridized carbons (Fsp3) is 0.176. The molecule has 2 aromatic heterocycles. The van der Waals surface area contributed by atoms with Crippen molar-refractivity contribution >= 4 is 28.9 Å². The van der Waals surface area contributed by atoms with Crippen molar-refractivity contribution in [1.82, 2.24) is 0 Å². The lowest BCUT2D eigenvalue weighted by Gasteiger charge is -2.24. The number of hydrogen-bond donors (Lipinski definition) is 1. The summed E-state index contributed by atoms with van der Waals surface area (Å²) >= 11 is 0. The zero-order valence-corrected chi connectivity index (χ0v) is 25.0. The normalized spacial score (nSPS) is 13.9. The highest BCUT2D eigenvalue weighted by Gasteiger charge is 2.35. The van der Waals surface area contributed by atoms with Crippen molar-refractivity contribution in [2.75, 3.05) is 28.4 Å². The van der Waals surface area contributed by atoms with Crippen LogP contribution in [0.15, 0.2) is 74.5 Å². The molecule has 1 aliphatic heterocycles. The summed E-state index contributed by atoms with van der Waals surface area (Å²) in [6, 6.07) is 13.7. The van der Waals surface area contributed by atoms with Crippen LogP contribution in [0.25, 0.3) is 33.4 Å². The highest BCUT2D eigenvalue weighted by Crippen LogP contribution is 2.46. The van der Waals surface area contributed by atoms with Crippen molar-refractivity contribution in [2.45, 2.75) is 12.3 Å². The lowest BCUT2D eigenvalue weighted by Crippen LogP contribution is -2.21. The molecule has 12 heteroatoms. The van der Waals surface area contributed by atoms with Gasteiger partial charge in [-0.3, -0.25) is 9.59 Å². The largest absolute Gasteiger partial charge is 0.507 e. The summed E-state index contributed by atoms with van der Waals surface area (Å²) in [4.78, 5) is 51.1. The second-order valence-electron chi connectivity index (χ2n) is 10.3. The third kappa shape index (κ3) is 5.09. The number of fused-ring (bicyclic) bond motifs is 3. The summed E-state index contributed by atoms with van der Waals surface area (Å²) in [5, 5.41) is 10.8. The van der Waals surface area contributed by atoms with Gasteiger partial charge >= 0.3 is 17.9 Å². The van der Waals surface area contributed by atoms with Crippen LogP contribution in [0.2, 0.25) is 0 Å². The number of furan rings is 1. The lowest BCUT2D eigenvalue weighted by molar-refractivity contribution is -0.135. The zero-order valence-electron chi connectivity index (χ0n) is 25.0. The Hall–Kier alpha value is -6.04. The minimum absolute atomic E-state index is 0.00637. The van der Waals surface area contributed by atoms with Crippen LogP contribution in [0, 0.1) is 0 Å². The van der Waals surface area contributed by atoms with Gasteiger partial charge in [-0.2, -0.15) is 0 Å². The SMILES string of the molecule is COC(=O)c1cc(C(=O)OC)cc(-c2ccc([C@@H]3CC(=O)Oc4cc(O)c5c(=O)c(-c6ccc(OC)c(OC)c6)coc5c43)o2)c1. The van der Waals surface area contributed by atoms with E-state index in [1.807, 2.05) is 0 Å². The summed E-state index contributed by atoms with van der Waals surface area (Å²) in [5.41, 5.74) is 0.985. The molecule has 0 spiro atoms. The number of phenolic OH excluding ortho intramolecular Hbond substituents is 1. The maximum Gasteiger partial charge on any atom is 0.337 e. The minimum Gasteiger partial charge on any atom is -0.507 e.